The Morgan fingerprint density at radius 3 is 2.45 bits per heavy atom. The highest BCUT2D eigenvalue weighted by Gasteiger charge is 2.36. The van der Waals surface area contributed by atoms with E-state index in [0.717, 1.165) is 16.8 Å². The van der Waals surface area contributed by atoms with Gasteiger partial charge in [0.05, 0.1) is 10.7 Å². The highest BCUT2D eigenvalue weighted by atomic mass is 127. The molecule has 1 aliphatic heterocycles. The standard InChI is InChI=1S/C24H18ClIN2O2S/c1-27-21(23(29)28(24(27)31)19-5-3-2-4-6-19)14-17-9-12-22(20(25)13-17)30-15-16-7-10-18(26)11-8-16/h2-14H,15H2,1H3/b21-14-. The van der Waals surface area contributed by atoms with E-state index in [4.69, 9.17) is 28.6 Å². The summed E-state index contributed by atoms with van der Waals surface area (Å²) < 4.78 is 7.03. The number of likely N-dealkylation sites (N-methyl/N-ethyl adjacent to an activating group) is 1. The van der Waals surface area contributed by atoms with E-state index in [1.165, 1.54) is 8.47 Å². The second-order valence-electron chi connectivity index (χ2n) is 6.95. The molecule has 0 atom stereocenters. The first-order valence-electron chi connectivity index (χ1n) is 9.50. The van der Waals surface area contributed by atoms with Gasteiger partial charge in [-0.05, 0) is 88.4 Å². The van der Waals surface area contributed by atoms with Crippen LogP contribution < -0.4 is 9.64 Å². The topological polar surface area (TPSA) is 32.8 Å². The summed E-state index contributed by atoms with van der Waals surface area (Å²) in [6.45, 7) is 0.429. The van der Waals surface area contributed by atoms with Crippen molar-refractivity contribution in [3.8, 4) is 5.75 Å². The predicted octanol–water partition coefficient (Wildman–Crippen LogP) is 6.13. The lowest BCUT2D eigenvalue weighted by atomic mass is 10.1. The number of nitrogens with zero attached hydrogens (tertiary/aromatic N) is 2. The quantitative estimate of drug-likeness (QED) is 0.214. The van der Waals surface area contributed by atoms with Crippen LogP contribution in [0.4, 0.5) is 5.69 Å². The third kappa shape index (κ3) is 4.76. The van der Waals surface area contributed by atoms with Crippen LogP contribution in [0.25, 0.3) is 6.08 Å². The zero-order chi connectivity index (χ0) is 22.0. The Morgan fingerprint density at radius 1 is 1.06 bits per heavy atom. The molecule has 7 heteroatoms. The number of anilines is 1. The van der Waals surface area contributed by atoms with Gasteiger partial charge >= 0.3 is 0 Å². The molecule has 156 valence electrons. The molecule has 1 amide bonds. The van der Waals surface area contributed by atoms with E-state index in [0.29, 0.717) is 28.2 Å². The Bertz CT molecular complexity index is 1170. The number of para-hydroxylation sites is 1. The van der Waals surface area contributed by atoms with Crippen LogP contribution in [-0.2, 0) is 11.4 Å². The third-order valence-electron chi connectivity index (χ3n) is 4.84. The number of carbonyl (C=O) groups is 1. The molecule has 4 rings (SSSR count). The summed E-state index contributed by atoms with van der Waals surface area (Å²) in [5.74, 6) is 0.420. The molecule has 0 spiro atoms. The Kier molecular flexibility index (Phi) is 6.60. The van der Waals surface area contributed by atoms with E-state index in [9.17, 15) is 4.79 Å². The number of thiocarbonyl (C=S) groups is 1. The van der Waals surface area contributed by atoms with Crippen molar-refractivity contribution in [2.45, 2.75) is 6.61 Å². The van der Waals surface area contributed by atoms with Gasteiger partial charge < -0.3 is 9.64 Å². The van der Waals surface area contributed by atoms with Crippen molar-refractivity contribution in [2.75, 3.05) is 11.9 Å². The largest absolute Gasteiger partial charge is 0.487 e. The fraction of sp³-hybridized carbons (Fsp3) is 0.0833. The van der Waals surface area contributed by atoms with Gasteiger partial charge in [-0.3, -0.25) is 9.69 Å². The minimum absolute atomic E-state index is 0.172. The van der Waals surface area contributed by atoms with Gasteiger partial charge in [-0.15, -0.1) is 0 Å². The van der Waals surface area contributed by atoms with Gasteiger partial charge in [0.25, 0.3) is 5.91 Å². The maximum Gasteiger partial charge on any atom is 0.281 e. The average molecular weight is 561 g/mol. The van der Waals surface area contributed by atoms with Gasteiger partial charge in [0.2, 0.25) is 0 Å². The van der Waals surface area contributed by atoms with Gasteiger partial charge in [-0.1, -0.05) is 48.0 Å². The molecular weight excluding hydrogens is 543 g/mol. The normalized spacial score (nSPS) is 15.1. The molecule has 0 saturated carbocycles. The summed E-state index contributed by atoms with van der Waals surface area (Å²) in [4.78, 5) is 16.3. The molecule has 1 saturated heterocycles. The summed E-state index contributed by atoms with van der Waals surface area (Å²) in [6.07, 6.45) is 1.78. The van der Waals surface area contributed by atoms with Crippen molar-refractivity contribution >= 4 is 69.2 Å². The molecule has 1 heterocycles. The van der Waals surface area contributed by atoms with Gasteiger partial charge in [-0.25, -0.2) is 0 Å². The predicted molar refractivity (Wildman–Crippen MR) is 137 cm³/mol. The average Bonchev–Trinajstić information content (AvgIpc) is 2.98. The Morgan fingerprint density at radius 2 is 1.77 bits per heavy atom. The molecule has 0 N–H and O–H groups in total. The third-order valence-corrected chi connectivity index (χ3v) is 6.31. The van der Waals surface area contributed by atoms with Crippen LogP contribution in [0, 0.1) is 3.57 Å². The highest BCUT2D eigenvalue weighted by molar-refractivity contribution is 14.1. The van der Waals surface area contributed by atoms with E-state index in [1.807, 2.05) is 66.7 Å². The SMILES string of the molecule is CN1C(=S)N(c2ccccc2)C(=O)/C1=C/c1ccc(OCc2ccc(I)cc2)c(Cl)c1. The van der Waals surface area contributed by atoms with Gasteiger partial charge in [-0.2, -0.15) is 0 Å². The van der Waals surface area contributed by atoms with Crippen molar-refractivity contribution in [3.05, 3.63) is 98.2 Å². The molecule has 4 nitrogen and oxygen atoms in total. The zero-order valence-electron chi connectivity index (χ0n) is 16.6. The van der Waals surface area contributed by atoms with Gasteiger partial charge in [0.15, 0.2) is 5.11 Å². The first kappa shape index (κ1) is 21.8. The molecule has 0 unspecified atom stereocenters. The van der Waals surface area contributed by atoms with E-state index in [-0.39, 0.29) is 5.91 Å². The second-order valence-corrected chi connectivity index (χ2v) is 8.97. The maximum atomic E-state index is 13.0. The highest BCUT2D eigenvalue weighted by Crippen LogP contribution is 2.30. The molecule has 31 heavy (non-hydrogen) atoms. The van der Waals surface area contributed by atoms with Crippen LogP contribution >= 0.6 is 46.4 Å². The molecule has 0 aliphatic carbocycles. The zero-order valence-corrected chi connectivity index (χ0v) is 20.3. The van der Waals surface area contributed by atoms with E-state index < -0.39 is 0 Å². The van der Waals surface area contributed by atoms with Gasteiger partial charge in [0.1, 0.15) is 18.1 Å². The minimum atomic E-state index is -0.172. The number of amides is 1. The van der Waals surface area contributed by atoms with E-state index in [1.54, 1.807) is 24.1 Å². The molecule has 1 fully saturated rings. The van der Waals surface area contributed by atoms with E-state index >= 15 is 0 Å². The van der Waals surface area contributed by atoms with Crippen molar-refractivity contribution in [2.24, 2.45) is 0 Å². The molecule has 1 aliphatic rings. The minimum Gasteiger partial charge on any atom is -0.487 e. The van der Waals surface area contributed by atoms with Gasteiger partial charge in [0, 0.05) is 10.6 Å². The lowest BCUT2D eigenvalue weighted by Gasteiger charge is -2.16. The fourth-order valence-electron chi connectivity index (χ4n) is 3.18. The molecule has 0 radical (unpaired) electrons. The smallest absolute Gasteiger partial charge is 0.281 e. The molecule has 0 aromatic heterocycles. The number of hydrogen-bond donors (Lipinski definition) is 0. The first-order valence-corrected chi connectivity index (χ1v) is 11.4. The number of hydrogen-bond acceptors (Lipinski definition) is 3. The van der Waals surface area contributed by atoms with Crippen LogP contribution in [-0.4, -0.2) is 23.0 Å². The second kappa shape index (κ2) is 9.38. The van der Waals surface area contributed by atoms with E-state index in [2.05, 4.69) is 22.6 Å². The number of rotatable bonds is 5. The molecule has 3 aromatic rings. The van der Waals surface area contributed by atoms with Crippen LogP contribution in [0.1, 0.15) is 11.1 Å². The molecule has 3 aromatic carbocycles. The molecular formula is C24H18ClIN2O2S. The first-order chi connectivity index (χ1) is 14.9. The number of halogens is 2. The summed E-state index contributed by atoms with van der Waals surface area (Å²) >= 11 is 14.2. The van der Waals surface area contributed by atoms with Crippen LogP contribution in [0.2, 0.25) is 5.02 Å². The van der Waals surface area contributed by atoms with Crippen LogP contribution in [0.5, 0.6) is 5.75 Å². The number of carbonyl (C=O) groups excluding carboxylic acids is 1. The fourth-order valence-corrected chi connectivity index (χ4v) is 4.07. The lowest BCUT2D eigenvalue weighted by Crippen LogP contribution is -2.30. The van der Waals surface area contributed by atoms with Crippen molar-refractivity contribution < 1.29 is 9.53 Å². The Hall–Kier alpha value is -2.42. The van der Waals surface area contributed by atoms with Crippen molar-refractivity contribution in [1.29, 1.82) is 0 Å². The van der Waals surface area contributed by atoms with Crippen molar-refractivity contribution in [1.82, 2.24) is 4.90 Å². The monoisotopic (exact) mass is 560 g/mol. The van der Waals surface area contributed by atoms with Crippen LogP contribution in [0.15, 0.2) is 78.5 Å². The lowest BCUT2D eigenvalue weighted by molar-refractivity contribution is -0.114. The Labute approximate surface area is 205 Å². The molecule has 0 bridgehead atoms. The summed E-state index contributed by atoms with van der Waals surface area (Å²) in [5, 5.41) is 0.918. The summed E-state index contributed by atoms with van der Waals surface area (Å²) in [5.41, 5.74) is 3.08. The number of ether oxygens (including phenoxy) is 1. The van der Waals surface area contributed by atoms with Crippen molar-refractivity contribution in [3.63, 3.8) is 0 Å². The summed E-state index contributed by atoms with van der Waals surface area (Å²) in [6, 6.07) is 23.0. The summed E-state index contributed by atoms with van der Waals surface area (Å²) in [7, 11) is 1.79. The Balaban J connectivity index is 1.53. The van der Waals surface area contributed by atoms with Crippen LogP contribution in [0.3, 0.4) is 0 Å². The maximum absolute atomic E-state index is 13.0. The number of benzene rings is 3.